The third-order valence-electron chi connectivity index (χ3n) is 5.05. The summed E-state index contributed by atoms with van der Waals surface area (Å²) >= 11 is 0. The van der Waals surface area contributed by atoms with Crippen molar-refractivity contribution in [3.63, 3.8) is 0 Å². The van der Waals surface area contributed by atoms with Crippen LogP contribution in [0.4, 0.5) is 0 Å². The van der Waals surface area contributed by atoms with Gasteiger partial charge in [0.05, 0.1) is 36.6 Å². The summed E-state index contributed by atoms with van der Waals surface area (Å²) in [6.45, 7) is 16.0. The molecule has 0 aliphatic heterocycles. The Hall–Kier alpha value is -1.27. The first-order valence-electron chi connectivity index (χ1n) is 16.9. The van der Waals surface area contributed by atoms with E-state index >= 15 is 0 Å². The van der Waals surface area contributed by atoms with Crippen molar-refractivity contribution in [3.8, 4) is 0 Å². The quantitative estimate of drug-likeness (QED) is 0.0846. The van der Waals surface area contributed by atoms with Crippen LogP contribution in [0.15, 0.2) is 12.2 Å². The van der Waals surface area contributed by atoms with E-state index in [2.05, 4.69) is 6.58 Å². The lowest BCUT2D eigenvalue weighted by Crippen LogP contribution is -1.99. The van der Waals surface area contributed by atoms with Gasteiger partial charge in [0.2, 0.25) is 0 Å². The molecule has 0 bridgehead atoms. The minimum Gasteiger partial charge on any atom is -0.478 e. The molecule has 0 aromatic heterocycles. The molecule has 13 N–H and O–H groups in total. The smallest absolute Gasteiger partial charge is 0.330 e. The Morgan fingerprint density at radius 3 is 0.542 bits per heavy atom. The molecule has 0 aromatic rings. The maximum atomic E-state index is 9.60. The fourth-order valence-corrected chi connectivity index (χ4v) is 2.32. The first-order valence-corrected chi connectivity index (χ1v) is 16.9. The van der Waals surface area contributed by atoms with E-state index in [9.17, 15) is 4.79 Å². The molecule has 0 aliphatic rings. The number of rotatable bonds is 19. The Balaban J connectivity index is -0.0000000818. The third-order valence-corrected chi connectivity index (χ3v) is 5.05. The fraction of sp³-hybridized carbons (Fsp3) is 0.912. The van der Waals surface area contributed by atoms with Crippen molar-refractivity contribution in [2.24, 2.45) is 0 Å². The van der Waals surface area contributed by atoms with Crippen LogP contribution in [0.3, 0.4) is 0 Å². The van der Waals surface area contributed by atoms with E-state index in [1.165, 1.54) is 6.92 Å². The fourth-order valence-electron chi connectivity index (χ4n) is 2.32. The van der Waals surface area contributed by atoms with Gasteiger partial charge in [0.1, 0.15) is 0 Å². The summed E-state index contributed by atoms with van der Waals surface area (Å²) in [7, 11) is 0. The van der Waals surface area contributed by atoms with Crippen molar-refractivity contribution in [1.82, 2.24) is 0 Å². The average molecular weight is 711 g/mol. The van der Waals surface area contributed by atoms with E-state index < -0.39 is 5.97 Å². The van der Waals surface area contributed by atoms with Gasteiger partial charge in [-0.25, -0.2) is 4.79 Å². The molecule has 0 saturated heterocycles. The lowest BCUT2D eigenvalue weighted by molar-refractivity contribution is -0.132. The molecule has 14 heteroatoms. The molecule has 48 heavy (non-hydrogen) atoms. The summed E-state index contributed by atoms with van der Waals surface area (Å²) < 4.78 is 0. The van der Waals surface area contributed by atoms with Crippen molar-refractivity contribution < 1.29 is 71.2 Å². The molecule has 0 radical (unpaired) electrons. The first kappa shape index (κ1) is 61.9. The van der Waals surface area contributed by atoms with Gasteiger partial charge in [0, 0.05) is 45.2 Å². The highest BCUT2D eigenvalue weighted by Gasteiger charge is 1.94. The second-order valence-corrected chi connectivity index (χ2v) is 11.4. The van der Waals surface area contributed by atoms with Crippen LogP contribution in [-0.2, 0) is 4.79 Å². The molecule has 14 nitrogen and oxygen atoms in total. The molecule has 0 heterocycles. The number of aliphatic carboxylic acids is 1. The van der Waals surface area contributed by atoms with Gasteiger partial charge in [0.25, 0.3) is 0 Å². The topological polar surface area (TPSA) is 280 Å². The monoisotopic (exact) mass is 711 g/mol. The largest absolute Gasteiger partial charge is 0.478 e. The summed E-state index contributed by atoms with van der Waals surface area (Å²) in [5.74, 6) is -0.935. The van der Waals surface area contributed by atoms with E-state index in [0.717, 1.165) is 0 Å². The van der Waals surface area contributed by atoms with E-state index in [1.807, 2.05) is 0 Å². The number of aliphatic hydroxyl groups is 12. The maximum absolute atomic E-state index is 9.60. The summed E-state index contributed by atoms with van der Waals surface area (Å²) in [5, 5.41) is 109. The van der Waals surface area contributed by atoms with Crippen LogP contribution < -0.4 is 0 Å². The average Bonchev–Trinajstić information content (AvgIpc) is 3.00. The zero-order valence-corrected chi connectivity index (χ0v) is 31.1. The molecule has 0 fully saturated rings. The Bertz CT molecular complexity index is 453. The number of aliphatic hydroxyl groups excluding tert-OH is 12. The molecule has 0 saturated carbocycles. The number of hydrogen-bond acceptors (Lipinski definition) is 13. The second kappa shape index (κ2) is 55.2. The number of carbonyl (C=O) groups is 1. The van der Waals surface area contributed by atoms with Crippen molar-refractivity contribution in [3.05, 3.63) is 12.2 Å². The lowest BCUT2D eigenvalue weighted by Gasteiger charge is -1.98. The van der Waals surface area contributed by atoms with Crippen LogP contribution in [0.25, 0.3) is 0 Å². The lowest BCUT2D eigenvalue weighted by atomic mass is 10.2. The zero-order chi connectivity index (χ0) is 39.3. The molecular formula is C34H78O14. The Kier molecular flexibility index (Phi) is 71.1. The highest BCUT2D eigenvalue weighted by molar-refractivity contribution is 5.84. The number of carboxylic acids is 1. The second-order valence-electron chi connectivity index (χ2n) is 11.4. The van der Waals surface area contributed by atoms with Gasteiger partial charge in [-0.15, -0.1) is 0 Å². The molecule has 6 unspecified atom stereocenters. The highest BCUT2D eigenvalue weighted by Crippen LogP contribution is 1.95. The Morgan fingerprint density at radius 1 is 0.417 bits per heavy atom. The van der Waals surface area contributed by atoms with Crippen LogP contribution in [0, 0.1) is 0 Å². The summed E-state index contributed by atoms with van der Waals surface area (Å²) in [6.07, 6.45) is 6.92. The van der Waals surface area contributed by atoms with E-state index in [1.54, 1.807) is 41.5 Å². The summed E-state index contributed by atoms with van der Waals surface area (Å²) in [5.41, 5.74) is 0.176. The van der Waals surface area contributed by atoms with E-state index in [4.69, 9.17) is 66.4 Å². The molecular weight excluding hydrogens is 632 g/mol. The van der Waals surface area contributed by atoms with Gasteiger partial charge in [-0.05, 0) is 126 Å². The van der Waals surface area contributed by atoms with Crippen LogP contribution in [-0.4, -0.2) is 149 Å². The van der Waals surface area contributed by atoms with Crippen molar-refractivity contribution >= 4 is 5.97 Å². The minimum absolute atomic E-state index is 0.176. The Morgan fingerprint density at radius 2 is 0.521 bits per heavy atom. The number of carboxylic acid groups (broad SMARTS) is 1. The van der Waals surface area contributed by atoms with Gasteiger partial charge < -0.3 is 66.4 Å². The third kappa shape index (κ3) is 120. The Labute approximate surface area is 291 Å². The van der Waals surface area contributed by atoms with Crippen molar-refractivity contribution in [2.45, 2.75) is 162 Å². The molecule has 298 valence electrons. The van der Waals surface area contributed by atoms with E-state index in [0.29, 0.717) is 77.0 Å². The zero-order valence-electron chi connectivity index (χ0n) is 31.1. The summed E-state index contributed by atoms with van der Waals surface area (Å²) in [4.78, 5) is 9.60. The van der Waals surface area contributed by atoms with Gasteiger partial charge in [-0.1, -0.05) is 6.58 Å². The van der Waals surface area contributed by atoms with Crippen LogP contribution in [0.1, 0.15) is 126 Å². The van der Waals surface area contributed by atoms with Crippen LogP contribution in [0.2, 0.25) is 0 Å². The molecule has 0 spiro atoms. The maximum Gasteiger partial charge on any atom is 0.330 e. The minimum atomic E-state index is -0.935. The predicted molar refractivity (Wildman–Crippen MR) is 190 cm³/mol. The van der Waals surface area contributed by atoms with Gasteiger partial charge in [-0.3, -0.25) is 0 Å². The van der Waals surface area contributed by atoms with Crippen LogP contribution >= 0.6 is 0 Å². The number of hydrogen-bond donors (Lipinski definition) is 13. The van der Waals surface area contributed by atoms with E-state index in [-0.39, 0.29) is 81.8 Å². The highest BCUT2D eigenvalue weighted by atomic mass is 16.4. The normalized spacial score (nSPS) is 13.3. The molecule has 6 atom stereocenters. The molecule has 0 aliphatic carbocycles. The van der Waals surface area contributed by atoms with Gasteiger partial charge in [0.15, 0.2) is 0 Å². The molecule has 0 amide bonds. The van der Waals surface area contributed by atoms with Crippen molar-refractivity contribution in [1.29, 1.82) is 0 Å². The SMILES string of the molecule is C=C(C)C(=O)O.CC(O)CCCO.CC(O)CCCO.CC(O)CCCO.CC(O)CCCO.CC(O)CCCO.CC(O)CCCO. The standard InChI is InChI=1S/6C5H12O2.C4H6O2/c6*1-5(7)3-2-4-6;1-3(2)4(5)6/h6*5-7H,2-4H2,1H3;1H2,2H3,(H,5,6). The molecule has 0 rings (SSSR count). The first-order chi connectivity index (χ1) is 22.3. The van der Waals surface area contributed by atoms with Gasteiger partial charge in [-0.2, -0.15) is 0 Å². The van der Waals surface area contributed by atoms with Crippen molar-refractivity contribution in [2.75, 3.05) is 39.6 Å². The summed E-state index contributed by atoms with van der Waals surface area (Å²) in [6, 6.07) is 0. The van der Waals surface area contributed by atoms with Crippen LogP contribution in [0.5, 0.6) is 0 Å². The predicted octanol–water partition coefficient (Wildman–Crippen LogP) is 1.49. The van der Waals surface area contributed by atoms with Gasteiger partial charge >= 0.3 is 5.97 Å². The molecule has 0 aromatic carbocycles.